The van der Waals surface area contributed by atoms with Crippen molar-refractivity contribution in [2.45, 2.75) is 40.3 Å². The van der Waals surface area contributed by atoms with Crippen LogP contribution in [0, 0.1) is 20.8 Å². The Kier molecular flexibility index (Phi) is 5.17. The van der Waals surface area contributed by atoms with Crippen molar-refractivity contribution in [1.29, 1.82) is 0 Å². The smallest absolute Gasteiger partial charge is 0.241 e. The zero-order chi connectivity index (χ0) is 15.4. The maximum Gasteiger partial charge on any atom is 0.241 e. The minimum absolute atomic E-state index is 0.0293. The van der Waals surface area contributed by atoms with Crippen LogP contribution in [-0.4, -0.2) is 32.0 Å². The first-order chi connectivity index (χ1) is 9.95. The molecule has 1 amide bonds. The Bertz CT molecular complexity index is 612. The molecule has 1 N–H and O–H groups in total. The van der Waals surface area contributed by atoms with Gasteiger partial charge >= 0.3 is 0 Å². The first-order valence-corrected chi connectivity index (χ1v) is 7.72. The third-order valence-electron chi connectivity index (χ3n) is 3.16. The number of carbonyl (C=O) groups excluding carboxylic acids is 1. The third kappa shape index (κ3) is 4.42. The second-order valence-electron chi connectivity index (χ2n) is 5.11. The summed E-state index contributed by atoms with van der Waals surface area (Å²) in [6.07, 6.45) is 2.67. The molecule has 2 aromatic rings. The molecule has 0 atom stereocenters. The minimum atomic E-state index is -0.0293. The minimum Gasteiger partial charge on any atom is -0.354 e. The standard InChI is InChI=1S/C14H20BrN5O/c1-10-7-11(2)20(17-10)6-4-5-16-14(21)9-19-8-13(15)12(3)18-19/h7-8H,4-6,9H2,1-3H3,(H,16,21). The number of carbonyl (C=O) groups is 1. The summed E-state index contributed by atoms with van der Waals surface area (Å²) in [6.45, 7) is 7.61. The van der Waals surface area contributed by atoms with Crippen molar-refractivity contribution in [3.63, 3.8) is 0 Å². The van der Waals surface area contributed by atoms with Crippen LogP contribution in [0.4, 0.5) is 0 Å². The molecule has 0 aliphatic heterocycles. The summed E-state index contributed by atoms with van der Waals surface area (Å²) in [7, 11) is 0. The Morgan fingerprint density at radius 2 is 2.10 bits per heavy atom. The second kappa shape index (κ2) is 6.89. The van der Waals surface area contributed by atoms with Crippen LogP contribution in [0.3, 0.4) is 0 Å². The number of amides is 1. The van der Waals surface area contributed by atoms with Crippen LogP contribution in [0.1, 0.15) is 23.5 Å². The molecule has 0 bridgehead atoms. The van der Waals surface area contributed by atoms with E-state index in [2.05, 4.69) is 37.5 Å². The zero-order valence-corrected chi connectivity index (χ0v) is 14.1. The van der Waals surface area contributed by atoms with Crippen LogP contribution in [0.2, 0.25) is 0 Å². The highest BCUT2D eigenvalue weighted by atomic mass is 79.9. The van der Waals surface area contributed by atoms with Crippen LogP contribution in [0.15, 0.2) is 16.7 Å². The lowest BCUT2D eigenvalue weighted by molar-refractivity contribution is -0.121. The normalized spacial score (nSPS) is 10.9. The molecule has 114 valence electrons. The molecule has 0 aromatic carbocycles. The predicted molar refractivity (Wildman–Crippen MR) is 84.0 cm³/mol. The van der Waals surface area contributed by atoms with E-state index in [0.29, 0.717) is 6.54 Å². The second-order valence-corrected chi connectivity index (χ2v) is 5.97. The molecular formula is C14H20BrN5O. The Labute approximate surface area is 132 Å². The average molecular weight is 354 g/mol. The maximum atomic E-state index is 11.8. The van der Waals surface area contributed by atoms with Gasteiger partial charge in [0.2, 0.25) is 5.91 Å². The lowest BCUT2D eigenvalue weighted by Gasteiger charge is -2.07. The van der Waals surface area contributed by atoms with E-state index in [9.17, 15) is 4.79 Å². The zero-order valence-electron chi connectivity index (χ0n) is 12.6. The van der Waals surface area contributed by atoms with Gasteiger partial charge in [-0.1, -0.05) is 0 Å². The summed E-state index contributed by atoms with van der Waals surface area (Å²) >= 11 is 3.38. The van der Waals surface area contributed by atoms with Crippen LogP contribution in [-0.2, 0) is 17.9 Å². The van der Waals surface area contributed by atoms with E-state index in [1.807, 2.05) is 31.6 Å². The summed E-state index contributed by atoms with van der Waals surface area (Å²) in [4.78, 5) is 11.8. The van der Waals surface area contributed by atoms with Crippen molar-refractivity contribution >= 4 is 21.8 Å². The number of aryl methyl sites for hydroxylation is 4. The van der Waals surface area contributed by atoms with E-state index in [-0.39, 0.29) is 12.5 Å². The molecule has 0 fully saturated rings. The van der Waals surface area contributed by atoms with Gasteiger partial charge in [0.1, 0.15) is 6.54 Å². The van der Waals surface area contributed by atoms with Gasteiger partial charge in [-0.15, -0.1) is 0 Å². The fraction of sp³-hybridized carbons (Fsp3) is 0.500. The average Bonchev–Trinajstić information content (AvgIpc) is 2.88. The van der Waals surface area contributed by atoms with E-state index < -0.39 is 0 Å². The molecule has 0 spiro atoms. The topological polar surface area (TPSA) is 64.7 Å². The van der Waals surface area contributed by atoms with E-state index in [0.717, 1.165) is 34.5 Å². The van der Waals surface area contributed by atoms with Gasteiger partial charge in [0.15, 0.2) is 0 Å². The molecule has 2 aromatic heterocycles. The van der Waals surface area contributed by atoms with E-state index >= 15 is 0 Å². The highest BCUT2D eigenvalue weighted by Crippen LogP contribution is 2.12. The molecule has 0 saturated heterocycles. The van der Waals surface area contributed by atoms with Crippen LogP contribution >= 0.6 is 15.9 Å². The molecule has 0 unspecified atom stereocenters. The van der Waals surface area contributed by atoms with Crippen molar-refractivity contribution in [2.75, 3.05) is 6.54 Å². The number of hydrogen-bond donors (Lipinski definition) is 1. The van der Waals surface area contributed by atoms with E-state index in [1.54, 1.807) is 4.68 Å². The van der Waals surface area contributed by atoms with Crippen molar-refractivity contribution < 1.29 is 4.79 Å². The molecule has 0 aliphatic carbocycles. The largest absolute Gasteiger partial charge is 0.354 e. The molecule has 2 heterocycles. The quantitative estimate of drug-likeness (QED) is 0.807. The number of halogens is 1. The van der Waals surface area contributed by atoms with Gasteiger partial charge in [0, 0.05) is 25.0 Å². The number of aromatic nitrogens is 4. The molecule has 0 aliphatic rings. The SMILES string of the molecule is Cc1cc(C)n(CCCNC(=O)Cn2cc(Br)c(C)n2)n1. The van der Waals surface area contributed by atoms with Gasteiger partial charge in [0.05, 0.1) is 15.9 Å². The van der Waals surface area contributed by atoms with Crippen molar-refractivity contribution in [3.8, 4) is 0 Å². The molecular weight excluding hydrogens is 334 g/mol. The number of nitrogens with zero attached hydrogens (tertiary/aromatic N) is 4. The Morgan fingerprint density at radius 3 is 2.67 bits per heavy atom. The summed E-state index contributed by atoms with van der Waals surface area (Å²) < 4.78 is 4.52. The van der Waals surface area contributed by atoms with Gasteiger partial charge in [0.25, 0.3) is 0 Å². The van der Waals surface area contributed by atoms with Gasteiger partial charge in [-0.05, 0) is 49.2 Å². The van der Waals surface area contributed by atoms with Crippen LogP contribution in [0.25, 0.3) is 0 Å². The molecule has 6 nitrogen and oxygen atoms in total. The van der Waals surface area contributed by atoms with Crippen molar-refractivity contribution in [2.24, 2.45) is 0 Å². The fourth-order valence-electron chi connectivity index (χ4n) is 2.14. The molecule has 7 heteroatoms. The third-order valence-corrected chi connectivity index (χ3v) is 3.94. The Hall–Kier alpha value is -1.63. The fourth-order valence-corrected chi connectivity index (χ4v) is 2.45. The number of nitrogens with one attached hydrogen (secondary N) is 1. The molecule has 21 heavy (non-hydrogen) atoms. The summed E-state index contributed by atoms with van der Waals surface area (Å²) in [5.41, 5.74) is 3.05. The maximum absolute atomic E-state index is 11.8. The summed E-state index contributed by atoms with van der Waals surface area (Å²) in [5, 5.41) is 11.5. The highest BCUT2D eigenvalue weighted by Gasteiger charge is 2.06. The lowest BCUT2D eigenvalue weighted by atomic mass is 10.4. The van der Waals surface area contributed by atoms with Gasteiger partial charge < -0.3 is 5.32 Å². The summed E-state index contributed by atoms with van der Waals surface area (Å²) in [5.74, 6) is -0.0293. The van der Waals surface area contributed by atoms with Gasteiger partial charge in [-0.25, -0.2) is 0 Å². The number of hydrogen-bond acceptors (Lipinski definition) is 3. The first-order valence-electron chi connectivity index (χ1n) is 6.93. The van der Waals surface area contributed by atoms with E-state index in [4.69, 9.17) is 0 Å². The number of rotatable bonds is 6. The molecule has 2 rings (SSSR count). The lowest BCUT2D eigenvalue weighted by Crippen LogP contribution is -2.29. The predicted octanol–water partition coefficient (Wildman–Crippen LogP) is 1.97. The molecule has 0 saturated carbocycles. The Morgan fingerprint density at radius 1 is 1.33 bits per heavy atom. The van der Waals surface area contributed by atoms with Crippen molar-refractivity contribution in [1.82, 2.24) is 24.9 Å². The first kappa shape index (κ1) is 15.8. The van der Waals surface area contributed by atoms with Crippen molar-refractivity contribution in [3.05, 3.63) is 33.8 Å². The Balaban J connectivity index is 1.71. The van der Waals surface area contributed by atoms with E-state index in [1.165, 1.54) is 0 Å². The van der Waals surface area contributed by atoms with Crippen LogP contribution in [0.5, 0.6) is 0 Å². The molecule has 0 radical (unpaired) electrons. The highest BCUT2D eigenvalue weighted by molar-refractivity contribution is 9.10. The summed E-state index contributed by atoms with van der Waals surface area (Å²) in [6, 6.07) is 2.05. The monoisotopic (exact) mass is 353 g/mol. The van der Waals surface area contributed by atoms with Gasteiger partial charge in [-0.3, -0.25) is 14.2 Å². The van der Waals surface area contributed by atoms with Crippen LogP contribution < -0.4 is 5.32 Å². The van der Waals surface area contributed by atoms with Gasteiger partial charge in [-0.2, -0.15) is 10.2 Å².